The van der Waals surface area contributed by atoms with E-state index in [1.54, 1.807) is 23.1 Å². The molecule has 1 aromatic carbocycles. The van der Waals surface area contributed by atoms with Gasteiger partial charge in [0.1, 0.15) is 11.4 Å². The summed E-state index contributed by atoms with van der Waals surface area (Å²) < 4.78 is 6.07. The maximum Gasteiger partial charge on any atom is 0.254 e. The van der Waals surface area contributed by atoms with E-state index in [0.29, 0.717) is 37.7 Å². The number of likely N-dealkylation sites (tertiary alicyclic amines) is 1. The molecule has 2 amide bonds. The van der Waals surface area contributed by atoms with E-state index in [4.69, 9.17) is 4.74 Å². The molecule has 1 unspecified atom stereocenters. The molecule has 1 saturated carbocycles. The van der Waals surface area contributed by atoms with E-state index in [1.807, 2.05) is 0 Å². The molecular formula is C19H24N2O4. The van der Waals surface area contributed by atoms with Crippen molar-refractivity contribution in [1.82, 2.24) is 10.2 Å². The summed E-state index contributed by atoms with van der Waals surface area (Å²) in [7, 11) is 0. The van der Waals surface area contributed by atoms with E-state index in [-0.39, 0.29) is 29.1 Å². The van der Waals surface area contributed by atoms with Crippen LogP contribution in [0, 0.1) is 11.8 Å². The number of rotatable bonds is 4. The molecule has 2 N–H and O–H groups in total. The number of hydrogen-bond acceptors (Lipinski definition) is 4. The molecule has 2 aliphatic heterocycles. The third-order valence-corrected chi connectivity index (χ3v) is 5.48. The SMILES string of the molecule is O=C(NCC1CCC2(CN(C(=O)c3cccc(O)c3)C2)OC1)C1CC1. The highest BCUT2D eigenvalue weighted by Gasteiger charge is 2.48. The van der Waals surface area contributed by atoms with Crippen LogP contribution in [0.2, 0.25) is 0 Å². The Bertz CT molecular complexity index is 670. The highest BCUT2D eigenvalue weighted by Crippen LogP contribution is 2.37. The number of ether oxygens (including phenoxy) is 1. The van der Waals surface area contributed by atoms with Crippen molar-refractivity contribution in [2.75, 3.05) is 26.2 Å². The molecular weight excluding hydrogens is 320 g/mol. The fourth-order valence-electron chi connectivity index (χ4n) is 3.68. The summed E-state index contributed by atoms with van der Waals surface area (Å²) in [4.78, 5) is 25.9. The smallest absolute Gasteiger partial charge is 0.254 e. The number of amides is 2. The van der Waals surface area contributed by atoms with Gasteiger partial charge in [-0.3, -0.25) is 9.59 Å². The standard InChI is InChI=1S/C19H24N2O4/c22-16-3-1-2-15(8-16)18(24)21-11-19(12-21)7-6-13(10-25-19)9-20-17(23)14-4-5-14/h1-3,8,13-14,22H,4-7,9-12H2,(H,20,23). The normalized spacial score (nSPS) is 24.6. The summed E-state index contributed by atoms with van der Waals surface area (Å²) in [6, 6.07) is 6.44. The second-order valence-corrected chi connectivity index (χ2v) is 7.63. The van der Waals surface area contributed by atoms with Crippen molar-refractivity contribution in [3.63, 3.8) is 0 Å². The first-order valence-electron chi connectivity index (χ1n) is 9.05. The molecule has 1 aromatic rings. The number of phenolic OH excluding ortho intramolecular Hbond substituents is 1. The molecule has 1 aliphatic carbocycles. The highest BCUT2D eigenvalue weighted by atomic mass is 16.5. The Morgan fingerprint density at radius 1 is 1.28 bits per heavy atom. The predicted molar refractivity (Wildman–Crippen MR) is 91.2 cm³/mol. The van der Waals surface area contributed by atoms with Crippen LogP contribution in [0.1, 0.15) is 36.0 Å². The molecule has 3 aliphatic rings. The Balaban J connectivity index is 1.23. The molecule has 0 aromatic heterocycles. The molecule has 4 rings (SSSR count). The van der Waals surface area contributed by atoms with Gasteiger partial charge < -0.3 is 20.1 Å². The quantitative estimate of drug-likeness (QED) is 0.868. The number of carbonyl (C=O) groups excluding carboxylic acids is 2. The Kier molecular flexibility index (Phi) is 4.15. The van der Waals surface area contributed by atoms with Crippen molar-refractivity contribution >= 4 is 11.8 Å². The van der Waals surface area contributed by atoms with Crippen molar-refractivity contribution in [2.24, 2.45) is 11.8 Å². The first-order chi connectivity index (χ1) is 12.0. The molecule has 25 heavy (non-hydrogen) atoms. The second kappa shape index (κ2) is 6.33. The first kappa shape index (κ1) is 16.4. The van der Waals surface area contributed by atoms with E-state index in [0.717, 1.165) is 25.7 Å². The van der Waals surface area contributed by atoms with E-state index >= 15 is 0 Å². The van der Waals surface area contributed by atoms with Gasteiger partial charge in [0.05, 0.1) is 19.7 Å². The lowest BCUT2D eigenvalue weighted by molar-refractivity contribution is -0.166. The number of benzene rings is 1. The molecule has 2 saturated heterocycles. The van der Waals surface area contributed by atoms with Gasteiger partial charge >= 0.3 is 0 Å². The van der Waals surface area contributed by atoms with E-state index in [9.17, 15) is 14.7 Å². The van der Waals surface area contributed by atoms with Crippen molar-refractivity contribution < 1.29 is 19.4 Å². The Labute approximate surface area is 147 Å². The van der Waals surface area contributed by atoms with Crippen LogP contribution in [0.4, 0.5) is 0 Å². The number of phenols is 1. The summed E-state index contributed by atoms with van der Waals surface area (Å²) in [6.07, 6.45) is 3.98. The van der Waals surface area contributed by atoms with E-state index < -0.39 is 0 Å². The van der Waals surface area contributed by atoms with E-state index in [1.165, 1.54) is 6.07 Å². The summed E-state index contributed by atoms with van der Waals surface area (Å²) in [5.74, 6) is 0.838. The van der Waals surface area contributed by atoms with Crippen LogP contribution in [0.15, 0.2) is 24.3 Å². The third-order valence-electron chi connectivity index (χ3n) is 5.48. The molecule has 2 heterocycles. The topological polar surface area (TPSA) is 78.9 Å². The average molecular weight is 344 g/mol. The Hall–Kier alpha value is -2.08. The molecule has 0 radical (unpaired) electrons. The summed E-state index contributed by atoms with van der Waals surface area (Å²) in [5, 5.41) is 12.5. The van der Waals surface area contributed by atoms with Crippen molar-refractivity contribution in [3.05, 3.63) is 29.8 Å². The van der Waals surface area contributed by atoms with Crippen LogP contribution in [-0.4, -0.2) is 53.7 Å². The maximum absolute atomic E-state index is 12.4. The predicted octanol–water partition coefficient (Wildman–Crippen LogP) is 1.54. The van der Waals surface area contributed by atoms with Gasteiger partial charge in [-0.05, 0) is 49.8 Å². The van der Waals surface area contributed by atoms with Gasteiger partial charge in [-0.1, -0.05) is 6.07 Å². The fourth-order valence-corrected chi connectivity index (χ4v) is 3.68. The van der Waals surface area contributed by atoms with Gasteiger partial charge in [-0.2, -0.15) is 0 Å². The average Bonchev–Trinajstić information content (AvgIpc) is 3.42. The minimum atomic E-state index is -0.219. The van der Waals surface area contributed by atoms with Crippen LogP contribution in [0.25, 0.3) is 0 Å². The largest absolute Gasteiger partial charge is 0.508 e. The molecule has 0 bridgehead atoms. The monoisotopic (exact) mass is 344 g/mol. The maximum atomic E-state index is 12.4. The molecule has 3 fully saturated rings. The minimum Gasteiger partial charge on any atom is -0.508 e. The van der Waals surface area contributed by atoms with Crippen LogP contribution in [0.3, 0.4) is 0 Å². The minimum absolute atomic E-state index is 0.0658. The molecule has 134 valence electrons. The summed E-state index contributed by atoms with van der Waals surface area (Å²) >= 11 is 0. The lowest BCUT2D eigenvalue weighted by atomic mass is 9.82. The van der Waals surface area contributed by atoms with Gasteiger partial charge in [0.15, 0.2) is 0 Å². The number of nitrogens with zero attached hydrogens (tertiary/aromatic N) is 1. The molecule has 6 heteroatoms. The summed E-state index contributed by atoms with van der Waals surface area (Å²) in [6.45, 7) is 2.53. The number of aromatic hydroxyl groups is 1. The van der Waals surface area contributed by atoms with Crippen LogP contribution >= 0.6 is 0 Å². The fraction of sp³-hybridized carbons (Fsp3) is 0.579. The number of hydrogen-bond donors (Lipinski definition) is 2. The lowest BCUT2D eigenvalue weighted by Gasteiger charge is -2.52. The van der Waals surface area contributed by atoms with Crippen LogP contribution < -0.4 is 5.32 Å². The van der Waals surface area contributed by atoms with Crippen LogP contribution in [0.5, 0.6) is 5.75 Å². The molecule has 1 atom stereocenters. The van der Waals surface area contributed by atoms with Gasteiger partial charge in [0.25, 0.3) is 5.91 Å². The van der Waals surface area contributed by atoms with Crippen molar-refractivity contribution in [2.45, 2.75) is 31.3 Å². The number of nitrogens with one attached hydrogen (secondary N) is 1. The van der Waals surface area contributed by atoms with Gasteiger partial charge in [-0.25, -0.2) is 0 Å². The Morgan fingerprint density at radius 3 is 2.72 bits per heavy atom. The number of carbonyl (C=O) groups is 2. The van der Waals surface area contributed by atoms with Crippen molar-refractivity contribution in [1.29, 1.82) is 0 Å². The van der Waals surface area contributed by atoms with E-state index in [2.05, 4.69) is 5.32 Å². The summed E-state index contributed by atoms with van der Waals surface area (Å²) in [5.41, 5.74) is 0.287. The molecule has 6 nitrogen and oxygen atoms in total. The van der Waals surface area contributed by atoms with Crippen LogP contribution in [-0.2, 0) is 9.53 Å². The van der Waals surface area contributed by atoms with Gasteiger partial charge in [0.2, 0.25) is 5.91 Å². The lowest BCUT2D eigenvalue weighted by Crippen LogP contribution is -2.66. The zero-order chi connectivity index (χ0) is 17.4. The van der Waals surface area contributed by atoms with Crippen molar-refractivity contribution in [3.8, 4) is 5.75 Å². The second-order valence-electron chi connectivity index (χ2n) is 7.63. The third kappa shape index (κ3) is 3.49. The van der Waals surface area contributed by atoms with Gasteiger partial charge in [0, 0.05) is 18.0 Å². The first-order valence-corrected chi connectivity index (χ1v) is 9.05. The zero-order valence-electron chi connectivity index (χ0n) is 14.2. The van der Waals surface area contributed by atoms with Gasteiger partial charge in [-0.15, -0.1) is 0 Å². The Morgan fingerprint density at radius 2 is 2.08 bits per heavy atom. The zero-order valence-corrected chi connectivity index (χ0v) is 14.2. The molecule has 1 spiro atoms. The highest BCUT2D eigenvalue weighted by molar-refractivity contribution is 5.95.